The molecule has 97 heavy (non-hydrogen) atoms. The van der Waals surface area contributed by atoms with Gasteiger partial charge < -0.3 is 33.8 Å². The van der Waals surface area contributed by atoms with Gasteiger partial charge in [-0.15, -0.1) is 0 Å². The Bertz CT molecular complexity index is 1890. The van der Waals surface area contributed by atoms with E-state index < -0.39 is 97.5 Å². The van der Waals surface area contributed by atoms with E-state index in [4.69, 9.17) is 37.0 Å². The highest BCUT2D eigenvalue weighted by molar-refractivity contribution is 7.47. The van der Waals surface area contributed by atoms with Crippen molar-refractivity contribution in [3.05, 3.63) is 0 Å². The van der Waals surface area contributed by atoms with Gasteiger partial charge in [0.15, 0.2) is 12.2 Å². The van der Waals surface area contributed by atoms with Crippen LogP contribution >= 0.6 is 15.6 Å². The Hall–Kier alpha value is -1.94. The molecule has 576 valence electrons. The summed E-state index contributed by atoms with van der Waals surface area (Å²) in [6.07, 6.45) is 56.3. The fraction of sp³-hybridized carbons (Fsp3) is 0.949. The van der Waals surface area contributed by atoms with E-state index in [1.54, 1.807) is 0 Å². The number of carbonyl (C=O) groups is 4. The van der Waals surface area contributed by atoms with E-state index in [-0.39, 0.29) is 25.7 Å². The fourth-order valence-electron chi connectivity index (χ4n) is 12.0. The maximum absolute atomic E-state index is 13.1. The van der Waals surface area contributed by atoms with Crippen molar-refractivity contribution in [2.75, 3.05) is 39.6 Å². The van der Waals surface area contributed by atoms with Crippen molar-refractivity contribution in [3.8, 4) is 0 Å². The quantitative estimate of drug-likeness (QED) is 0.0222. The minimum absolute atomic E-state index is 0.103. The molecule has 0 aromatic heterocycles. The number of aliphatic hydroxyl groups excluding tert-OH is 1. The fourth-order valence-corrected chi connectivity index (χ4v) is 13.5. The average Bonchev–Trinajstić information content (AvgIpc) is 1.88. The number of rotatable bonds is 76. The molecule has 0 aliphatic carbocycles. The number of ether oxygens (including phenoxy) is 4. The smallest absolute Gasteiger partial charge is 0.462 e. The van der Waals surface area contributed by atoms with Gasteiger partial charge in [0.25, 0.3) is 0 Å². The summed E-state index contributed by atoms with van der Waals surface area (Å²) in [7, 11) is -9.90. The molecule has 2 unspecified atom stereocenters. The second-order valence-corrected chi connectivity index (χ2v) is 32.4. The molecule has 0 rings (SSSR count). The maximum atomic E-state index is 13.1. The summed E-state index contributed by atoms with van der Waals surface area (Å²) in [5, 5.41) is 10.6. The molecule has 0 spiro atoms. The van der Waals surface area contributed by atoms with Crippen LogP contribution in [0.1, 0.15) is 402 Å². The predicted molar refractivity (Wildman–Crippen MR) is 395 cm³/mol. The number of carbonyl (C=O) groups excluding carboxylic acids is 4. The Morgan fingerprint density at radius 2 is 0.474 bits per heavy atom. The Balaban J connectivity index is 5.09. The molecule has 0 aromatic rings. The van der Waals surface area contributed by atoms with Crippen LogP contribution in [-0.4, -0.2) is 96.7 Å². The molecule has 0 heterocycles. The van der Waals surface area contributed by atoms with Crippen LogP contribution in [0.25, 0.3) is 0 Å². The molecule has 0 amide bonds. The lowest BCUT2D eigenvalue weighted by Crippen LogP contribution is -2.30. The summed E-state index contributed by atoms with van der Waals surface area (Å²) >= 11 is 0. The SMILES string of the molecule is CCCCCCCC(=O)OC[C@H](COP(=O)(O)OC[C@H](O)COP(=O)(O)OC[C@@H](COC(=O)CCCCCCCCCCCCCCCCCCCCC(C)C)OC(=O)CCCCCCCCCCCCCCCCCCCCC(C)C)OC(=O)CCCCCCCCCC(C)C. The molecule has 0 radical (unpaired) electrons. The first-order valence-corrected chi connectivity index (χ1v) is 43.3. The molecule has 0 aromatic carbocycles. The third kappa shape index (κ3) is 72.2. The number of phosphoric acid groups is 2. The molecule has 0 aliphatic heterocycles. The zero-order chi connectivity index (χ0) is 71.6. The first-order valence-electron chi connectivity index (χ1n) is 40.3. The van der Waals surface area contributed by atoms with Crippen molar-refractivity contribution >= 4 is 39.5 Å². The zero-order valence-electron chi connectivity index (χ0n) is 63.5. The summed E-state index contributed by atoms with van der Waals surface area (Å²) < 4.78 is 68.3. The Labute approximate surface area is 594 Å². The van der Waals surface area contributed by atoms with E-state index in [0.717, 1.165) is 108 Å². The van der Waals surface area contributed by atoms with E-state index in [1.807, 2.05) is 0 Å². The van der Waals surface area contributed by atoms with Crippen LogP contribution in [0.3, 0.4) is 0 Å². The minimum Gasteiger partial charge on any atom is -0.462 e. The van der Waals surface area contributed by atoms with E-state index in [9.17, 15) is 43.2 Å². The number of unbranched alkanes of at least 4 members (excludes halogenated alkanes) is 44. The molecule has 19 heteroatoms. The van der Waals surface area contributed by atoms with Crippen LogP contribution in [0.2, 0.25) is 0 Å². The number of hydrogen-bond acceptors (Lipinski definition) is 15. The third-order valence-corrected chi connectivity index (χ3v) is 20.0. The van der Waals surface area contributed by atoms with Crippen LogP contribution in [0.15, 0.2) is 0 Å². The van der Waals surface area contributed by atoms with Crippen molar-refractivity contribution in [2.24, 2.45) is 17.8 Å². The average molecular weight is 1420 g/mol. The summed E-state index contributed by atoms with van der Waals surface area (Å²) in [5.41, 5.74) is 0. The van der Waals surface area contributed by atoms with Crippen LogP contribution in [0.5, 0.6) is 0 Å². The normalized spacial score (nSPS) is 14.0. The van der Waals surface area contributed by atoms with Crippen LogP contribution in [0.4, 0.5) is 0 Å². The molecule has 0 fully saturated rings. The first kappa shape index (κ1) is 95.1. The highest BCUT2D eigenvalue weighted by atomic mass is 31.2. The molecule has 5 atom stereocenters. The minimum atomic E-state index is -4.96. The molecule has 0 saturated heterocycles. The van der Waals surface area contributed by atoms with Gasteiger partial charge in [-0.05, 0) is 43.4 Å². The number of esters is 4. The number of aliphatic hydroxyl groups is 1. The molecular formula is C78H152O17P2. The van der Waals surface area contributed by atoms with Crippen LogP contribution in [0, 0.1) is 17.8 Å². The van der Waals surface area contributed by atoms with E-state index in [0.29, 0.717) is 31.6 Å². The van der Waals surface area contributed by atoms with Crippen LogP contribution < -0.4 is 0 Å². The Morgan fingerprint density at radius 3 is 0.701 bits per heavy atom. The Kier molecular flexibility index (Phi) is 67.1. The monoisotopic (exact) mass is 1420 g/mol. The summed E-state index contributed by atoms with van der Waals surface area (Å²) in [4.78, 5) is 72.5. The lowest BCUT2D eigenvalue weighted by atomic mass is 10.0. The summed E-state index contributed by atoms with van der Waals surface area (Å²) in [5.74, 6) is 0.209. The van der Waals surface area contributed by atoms with Gasteiger partial charge in [0.1, 0.15) is 19.3 Å². The lowest BCUT2D eigenvalue weighted by Gasteiger charge is -2.21. The largest absolute Gasteiger partial charge is 0.472 e. The van der Waals surface area contributed by atoms with Crippen molar-refractivity contribution in [1.82, 2.24) is 0 Å². The first-order chi connectivity index (χ1) is 46.7. The summed E-state index contributed by atoms with van der Waals surface area (Å²) in [6.45, 7) is 11.8. The van der Waals surface area contributed by atoms with E-state index in [1.165, 1.54) is 205 Å². The maximum Gasteiger partial charge on any atom is 0.472 e. The van der Waals surface area contributed by atoms with Gasteiger partial charge in [0.05, 0.1) is 26.4 Å². The molecule has 3 N–H and O–H groups in total. The van der Waals surface area contributed by atoms with Crippen LogP contribution in [-0.2, 0) is 65.4 Å². The van der Waals surface area contributed by atoms with E-state index in [2.05, 4.69) is 48.5 Å². The highest BCUT2D eigenvalue weighted by Crippen LogP contribution is 2.45. The second-order valence-electron chi connectivity index (χ2n) is 29.5. The van der Waals surface area contributed by atoms with E-state index >= 15 is 0 Å². The molecule has 0 bridgehead atoms. The molecule has 17 nitrogen and oxygen atoms in total. The van der Waals surface area contributed by atoms with Crippen molar-refractivity contribution in [2.45, 2.75) is 420 Å². The topological polar surface area (TPSA) is 237 Å². The Morgan fingerprint density at radius 1 is 0.278 bits per heavy atom. The van der Waals surface area contributed by atoms with Crippen molar-refractivity contribution in [1.29, 1.82) is 0 Å². The third-order valence-electron chi connectivity index (χ3n) is 18.1. The van der Waals surface area contributed by atoms with Gasteiger partial charge >= 0.3 is 39.5 Å². The highest BCUT2D eigenvalue weighted by Gasteiger charge is 2.30. The molecular weight excluding hydrogens is 1270 g/mol. The summed E-state index contributed by atoms with van der Waals surface area (Å²) in [6, 6.07) is 0. The lowest BCUT2D eigenvalue weighted by molar-refractivity contribution is -0.161. The molecule has 0 aliphatic rings. The number of hydrogen-bond donors (Lipinski definition) is 3. The van der Waals surface area contributed by atoms with Gasteiger partial charge in [0.2, 0.25) is 0 Å². The van der Waals surface area contributed by atoms with Gasteiger partial charge in [-0.25, -0.2) is 9.13 Å². The van der Waals surface area contributed by atoms with Crippen molar-refractivity contribution < 1.29 is 80.2 Å². The zero-order valence-corrected chi connectivity index (χ0v) is 65.3. The van der Waals surface area contributed by atoms with Gasteiger partial charge in [-0.3, -0.25) is 37.3 Å². The standard InChI is InChI=1S/C78H152O17P2/c1-8-9-10-42-52-59-75(80)88-65-73(94-78(83)62-55-48-41-35-38-45-51-58-71(6)7)67-92-96(84,85)90-63-72(79)64-91-97(86,87)93-68-74(95-77(82)61-54-47-40-34-30-26-22-18-14-12-16-20-24-28-32-37-44-50-57-70(4)5)66-89-76(81)60-53-46-39-33-29-25-21-17-13-11-15-19-23-27-31-36-43-49-56-69(2)3/h69-74,79H,8-68H2,1-7H3,(H,84,85)(H,86,87)/t72-,73+,74+/m0/s1. The van der Waals surface area contributed by atoms with Gasteiger partial charge in [-0.2, -0.15) is 0 Å². The number of phosphoric ester groups is 2. The van der Waals surface area contributed by atoms with Gasteiger partial charge in [-0.1, -0.05) is 350 Å². The molecule has 0 saturated carbocycles. The second kappa shape index (κ2) is 68.5. The van der Waals surface area contributed by atoms with Crippen molar-refractivity contribution in [3.63, 3.8) is 0 Å². The van der Waals surface area contributed by atoms with Gasteiger partial charge in [0, 0.05) is 25.7 Å². The predicted octanol–water partition coefficient (Wildman–Crippen LogP) is 23.0.